The summed E-state index contributed by atoms with van der Waals surface area (Å²) in [5, 5.41) is 10.8. The van der Waals surface area contributed by atoms with Crippen LogP contribution in [0.1, 0.15) is 16.2 Å². The van der Waals surface area contributed by atoms with Gasteiger partial charge in [-0.1, -0.05) is 12.1 Å². The zero-order valence-corrected chi connectivity index (χ0v) is 9.72. The fourth-order valence-electron chi connectivity index (χ4n) is 1.37. The van der Waals surface area contributed by atoms with E-state index in [-0.39, 0.29) is 18.0 Å². The summed E-state index contributed by atoms with van der Waals surface area (Å²) >= 11 is 0. The van der Waals surface area contributed by atoms with Crippen LogP contribution in [-0.4, -0.2) is 21.2 Å². The molecule has 0 aliphatic heterocycles. The second kappa shape index (κ2) is 5.67. The number of rotatable bonds is 5. The van der Waals surface area contributed by atoms with Crippen LogP contribution in [0.3, 0.4) is 0 Å². The van der Waals surface area contributed by atoms with Crippen molar-refractivity contribution in [3.8, 4) is 5.75 Å². The summed E-state index contributed by atoms with van der Waals surface area (Å²) in [5.41, 5.74) is 0.237. The first-order valence-electron chi connectivity index (χ1n) is 5.33. The largest absolute Gasteiger partial charge is 0.479 e. The summed E-state index contributed by atoms with van der Waals surface area (Å²) in [4.78, 5) is 28.5. The predicted octanol–water partition coefficient (Wildman–Crippen LogP) is 1.78. The molecule has 96 valence electrons. The first-order valence-corrected chi connectivity index (χ1v) is 5.33. The van der Waals surface area contributed by atoms with Gasteiger partial charge >= 0.3 is 5.69 Å². The molecule has 7 nitrogen and oxygen atoms in total. The average Bonchev–Trinajstić information content (AvgIpc) is 2.46. The van der Waals surface area contributed by atoms with Gasteiger partial charge < -0.3 is 4.74 Å². The van der Waals surface area contributed by atoms with Gasteiger partial charge in [0.2, 0.25) is 0 Å². The maximum absolute atomic E-state index is 10.8. The number of benzene rings is 1. The molecule has 0 radical (unpaired) electrons. The number of ether oxygens (including phenoxy) is 1. The minimum absolute atomic E-state index is 0.00993. The van der Waals surface area contributed by atoms with Crippen molar-refractivity contribution in [2.75, 3.05) is 0 Å². The molecule has 0 spiro atoms. The van der Waals surface area contributed by atoms with Crippen LogP contribution in [0, 0.1) is 10.1 Å². The molecule has 0 aliphatic rings. The van der Waals surface area contributed by atoms with E-state index >= 15 is 0 Å². The number of carbonyl (C=O) groups is 1. The minimum atomic E-state index is -0.522. The molecule has 2 aromatic rings. The first-order chi connectivity index (χ1) is 9.20. The van der Waals surface area contributed by atoms with Crippen LogP contribution in [0.4, 0.5) is 5.69 Å². The number of carbonyl (C=O) groups excluding carboxylic acids is 1. The normalized spacial score (nSPS) is 9.89. The van der Waals surface area contributed by atoms with Crippen molar-refractivity contribution >= 4 is 12.0 Å². The molecule has 0 saturated heterocycles. The SMILES string of the molecule is O=Cc1cnc(COc2ccccc2[N+](=O)[O-])nc1. The summed E-state index contributed by atoms with van der Waals surface area (Å²) in [7, 11) is 0. The number of nitro groups is 1. The van der Waals surface area contributed by atoms with Crippen LogP contribution in [0.2, 0.25) is 0 Å². The Morgan fingerprint density at radius 2 is 1.95 bits per heavy atom. The van der Waals surface area contributed by atoms with Gasteiger partial charge in [0.15, 0.2) is 17.9 Å². The van der Waals surface area contributed by atoms with Crippen molar-refractivity contribution < 1.29 is 14.5 Å². The monoisotopic (exact) mass is 259 g/mol. The molecule has 0 unspecified atom stereocenters. The highest BCUT2D eigenvalue weighted by Crippen LogP contribution is 2.26. The Hall–Kier alpha value is -2.83. The van der Waals surface area contributed by atoms with Crippen molar-refractivity contribution in [1.29, 1.82) is 0 Å². The quantitative estimate of drug-likeness (QED) is 0.461. The van der Waals surface area contributed by atoms with Crippen LogP contribution in [0.15, 0.2) is 36.7 Å². The zero-order valence-electron chi connectivity index (χ0n) is 9.72. The summed E-state index contributed by atoms with van der Waals surface area (Å²) in [6.45, 7) is -0.00993. The van der Waals surface area contributed by atoms with Crippen LogP contribution in [0.5, 0.6) is 5.75 Å². The van der Waals surface area contributed by atoms with Crippen molar-refractivity contribution in [3.05, 3.63) is 58.2 Å². The fraction of sp³-hybridized carbons (Fsp3) is 0.0833. The second-order valence-electron chi connectivity index (χ2n) is 3.56. The standard InChI is InChI=1S/C12H9N3O4/c16-7-9-5-13-12(14-6-9)8-19-11-4-2-1-3-10(11)15(17)18/h1-7H,8H2. The molecule has 1 aromatic heterocycles. The number of aldehydes is 1. The first kappa shape index (κ1) is 12.6. The van der Waals surface area contributed by atoms with E-state index in [9.17, 15) is 14.9 Å². The van der Waals surface area contributed by atoms with E-state index in [1.165, 1.54) is 24.5 Å². The Morgan fingerprint density at radius 3 is 2.58 bits per heavy atom. The van der Waals surface area contributed by atoms with Gasteiger partial charge in [-0.3, -0.25) is 14.9 Å². The topological polar surface area (TPSA) is 95.2 Å². The highest BCUT2D eigenvalue weighted by atomic mass is 16.6. The minimum Gasteiger partial charge on any atom is -0.479 e. The maximum Gasteiger partial charge on any atom is 0.310 e. The van der Waals surface area contributed by atoms with E-state index in [0.29, 0.717) is 17.7 Å². The molecule has 0 bridgehead atoms. The van der Waals surface area contributed by atoms with E-state index in [0.717, 1.165) is 0 Å². The molecule has 19 heavy (non-hydrogen) atoms. The van der Waals surface area contributed by atoms with E-state index < -0.39 is 4.92 Å². The highest BCUT2D eigenvalue weighted by molar-refractivity contribution is 5.73. The Kier molecular flexibility index (Phi) is 3.77. The Balaban J connectivity index is 2.09. The fourth-order valence-corrected chi connectivity index (χ4v) is 1.37. The molecule has 0 aliphatic carbocycles. The Labute approximate surface area is 108 Å². The molecule has 0 atom stereocenters. The summed E-state index contributed by atoms with van der Waals surface area (Å²) in [6, 6.07) is 6.04. The van der Waals surface area contributed by atoms with Crippen molar-refractivity contribution in [1.82, 2.24) is 9.97 Å². The van der Waals surface area contributed by atoms with Gasteiger partial charge in [0.25, 0.3) is 0 Å². The predicted molar refractivity (Wildman–Crippen MR) is 64.8 cm³/mol. The second-order valence-corrected chi connectivity index (χ2v) is 3.56. The Morgan fingerprint density at radius 1 is 1.26 bits per heavy atom. The lowest BCUT2D eigenvalue weighted by molar-refractivity contribution is -0.385. The van der Waals surface area contributed by atoms with Crippen molar-refractivity contribution in [2.45, 2.75) is 6.61 Å². The van der Waals surface area contributed by atoms with Crippen LogP contribution < -0.4 is 4.74 Å². The van der Waals surface area contributed by atoms with Gasteiger partial charge in [-0.15, -0.1) is 0 Å². The molecule has 0 N–H and O–H groups in total. The molecular formula is C12H9N3O4. The lowest BCUT2D eigenvalue weighted by Crippen LogP contribution is -2.03. The summed E-state index contributed by atoms with van der Waals surface area (Å²) < 4.78 is 5.30. The molecular weight excluding hydrogens is 250 g/mol. The Bertz CT molecular complexity index is 598. The van der Waals surface area contributed by atoms with Gasteiger partial charge in [0.1, 0.15) is 6.61 Å². The van der Waals surface area contributed by atoms with Crippen molar-refractivity contribution in [2.24, 2.45) is 0 Å². The summed E-state index contributed by atoms with van der Waals surface area (Å²) in [6.07, 6.45) is 3.35. The van der Waals surface area contributed by atoms with E-state index in [4.69, 9.17) is 4.74 Å². The third kappa shape index (κ3) is 3.09. The van der Waals surface area contributed by atoms with E-state index in [1.54, 1.807) is 12.1 Å². The molecule has 7 heteroatoms. The van der Waals surface area contributed by atoms with Crippen LogP contribution >= 0.6 is 0 Å². The maximum atomic E-state index is 10.8. The molecule has 0 saturated carbocycles. The number of para-hydroxylation sites is 2. The highest BCUT2D eigenvalue weighted by Gasteiger charge is 2.13. The molecule has 0 amide bonds. The number of hydrogen-bond acceptors (Lipinski definition) is 6. The van der Waals surface area contributed by atoms with E-state index in [1.807, 2.05) is 0 Å². The van der Waals surface area contributed by atoms with Gasteiger partial charge in [0, 0.05) is 18.5 Å². The lowest BCUT2D eigenvalue weighted by atomic mass is 10.3. The van der Waals surface area contributed by atoms with Crippen LogP contribution in [0.25, 0.3) is 0 Å². The zero-order chi connectivity index (χ0) is 13.7. The number of nitro benzene ring substituents is 1. The third-order valence-electron chi connectivity index (χ3n) is 2.28. The lowest BCUT2D eigenvalue weighted by Gasteiger charge is -2.05. The molecule has 1 heterocycles. The molecule has 2 rings (SSSR count). The van der Waals surface area contributed by atoms with E-state index in [2.05, 4.69) is 9.97 Å². The van der Waals surface area contributed by atoms with Crippen molar-refractivity contribution in [3.63, 3.8) is 0 Å². The third-order valence-corrected chi connectivity index (χ3v) is 2.28. The molecule has 0 fully saturated rings. The van der Waals surface area contributed by atoms with Crippen LogP contribution in [-0.2, 0) is 6.61 Å². The van der Waals surface area contributed by atoms with Gasteiger partial charge in [-0.2, -0.15) is 0 Å². The average molecular weight is 259 g/mol. The smallest absolute Gasteiger partial charge is 0.310 e. The number of hydrogen-bond donors (Lipinski definition) is 0. The molecule has 1 aromatic carbocycles. The van der Waals surface area contributed by atoms with Gasteiger partial charge in [-0.25, -0.2) is 9.97 Å². The number of nitrogens with zero attached hydrogens (tertiary/aromatic N) is 3. The van der Waals surface area contributed by atoms with Gasteiger partial charge in [-0.05, 0) is 6.07 Å². The number of aromatic nitrogens is 2. The van der Waals surface area contributed by atoms with Gasteiger partial charge in [0.05, 0.1) is 10.5 Å². The summed E-state index contributed by atoms with van der Waals surface area (Å²) in [5.74, 6) is 0.485.